The third-order valence-electron chi connectivity index (χ3n) is 2.89. The fraction of sp³-hybridized carbons (Fsp3) is 0.200. The van der Waals surface area contributed by atoms with Gasteiger partial charge in [0.1, 0.15) is 13.2 Å². The molecule has 0 aliphatic carbocycles. The molecule has 0 aliphatic rings. The molecule has 2 rings (SSSR count). The second kappa shape index (κ2) is 6.83. The molecule has 0 spiro atoms. The highest BCUT2D eigenvalue weighted by molar-refractivity contribution is 5.95. The predicted molar refractivity (Wildman–Crippen MR) is 76.1 cm³/mol. The number of fused-ring (bicyclic) bond motifs is 1. The van der Waals surface area contributed by atoms with Gasteiger partial charge in [-0.15, -0.1) is 0 Å². The second-order valence-corrected chi connectivity index (χ2v) is 4.31. The highest BCUT2D eigenvalue weighted by Crippen LogP contribution is 2.21. The molecular weight excluding hydrogens is 274 g/mol. The van der Waals surface area contributed by atoms with Gasteiger partial charge in [-0.2, -0.15) is 5.06 Å². The van der Waals surface area contributed by atoms with Crippen LogP contribution < -0.4 is 5.06 Å². The Balaban J connectivity index is 2.01. The molecule has 0 saturated carbocycles. The molecule has 0 radical (unpaired) electrons. The lowest BCUT2D eigenvalue weighted by Crippen LogP contribution is -2.31. The molecule has 0 aliphatic heterocycles. The average Bonchev–Trinajstić information content (AvgIpc) is 2.53. The lowest BCUT2D eigenvalue weighted by Gasteiger charge is -2.15. The Morgan fingerprint density at radius 3 is 2.52 bits per heavy atom. The van der Waals surface area contributed by atoms with Gasteiger partial charge in [0.05, 0.1) is 12.8 Å². The number of benzene rings is 2. The summed E-state index contributed by atoms with van der Waals surface area (Å²) < 4.78 is 9.23. The van der Waals surface area contributed by atoms with E-state index in [9.17, 15) is 14.8 Å². The molecule has 1 N–H and O–H groups in total. The third kappa shape index (κ3) is 3.77. The SMILES string of the molecule is COC(=O)COCC(=O)N(O)c1ccc2ccccc2c1. The Morgan fingerprint density at radius 2 is 1.81 bits per heavy atom. The molecule has 1 amide bonds. The summed E-state index contributed by atoms with van der Waals surface area (Å²) in [6.45, 7) is -0.758. The maximum atomic E-state index is 11.7. The van der Waals surface area contributed by atoms with Gasteiger partial charge < -0.3 is 9.47 Å². The normalized spacial score (nSPS) is 10.4. The summed E-state index contributed by atoms with van der Waals surface area (Å²) in [4.78, 5) is 22.6. The molecule has 6 heteroatoms. The van der Waals surface area contributed by atoms with E-state index in [4.69, 9.17) is 4.74 Å². The van der Waals surface area contributed by atoms with E-state index < -0.39 is 18.5 Å². The third-order valence-corrected chi connectivity index (χ3v) is 2.89. The van der Waals surface area contributed by atoms with Crippen LogP contribution in [0.4, 0.5) is 5.69 Å². The summed E-state index contributed by atoms with van der Waals surface area (Å²) in [5, 5.41) is 12.3. The number of carbonyl (C=O) groups is 2. The molecule has 0 fully saturated rings. The zero-order chi connectivity index (χ0) is 15.2. The summed E-state index contributed by atoms with van der Waals surface area (Å²) >= 11 is 0. The monoisotopic (exact) mass is 289 g/mol. The molecule has 0 heterocycles. The van der Waals surface area contributed by atoms with Crippen LogP contribution in [-0.4, -0.2) is 37.4 Å². The fourth-order valence-electron chi connectivity index (χ4n) is 1.79. The van der Waals surface area contributed by atoms with E-state index in [1.807, 2.05) is 24.3 Å². The maximum Gasteiger partial charge on any atom is 0.331 e. The van der Waals surface area contributed by atoms with Crippen molar-refractivity contribution in [2.24, 2.45) is 0 Å². The van der Waals surface area contributed by atoms with E-state index in [0.29, 0.717) is 10.8 Å². The van der Waals surface area contributed by atoms with E-state index in [1.54, 1.807) is 18.2 Å². The first-order valence-corrected chi connectivity index (χ1v) is 6.27. The van der Waals surface area contributed by atoms with Gasteiger partial charge in [0.25, 0.3) is 5.91 Å². The maximum absolute atomic E-state index is 11.7. The van der Waals surface area contributed by atoms with Gasteiger partial charge in [-0.3, -0.25) is 10.0 Å². The molecule has 2 aromatic rings. The van der Waals surface area contributed by atoms with E-state index in [-0.39, 0.29) is 6.61 Å². The lowest BCUT2D eigenvalue weighted by atomic mass is 10.1. The van der Waals surface area contributed by atoms with Crippen molar-refractivity contribution in [3.8, 4) is 0 Å². The topological polar surface area (TPSA) is 76.1 Å². The number of amides is 1. The van der Waals surface area contributed by atoms with E-state index in [0.717, 1.165) is 10.8 Å². The highest BCUT2D eigenvalue weighted by Gasteiger charge is 2.14. The van der Waals surface area contributed by atoms with Crippen LogP contribution in [0.15, 0.2) is 42.5 Å². The average molecular weight is 289 g/mol. The number of ether oxygens (including phenoxy) is 2. The molecule has 0 aromatic heterocycles. The number of hydrogen-bond donors (Lipinski definition) is 1. The van der Waals surface area contributed by atoms with Gasteiger partial charge in [0.2, 0.25) is 0 Å². The van der Waals surface area contributed by atoms with E-state index in [1.165, 1.54) is 7.11 Å². The Labute approximate surface area is 121 Å². The highest BCUT2D eigenvalue weighted by atomic mass is 16.6. The molecule has 6 nitrogen and oxygen atoms in total. The zero-order valence-corrected chi connectivity index (χ0v) is 11.5. The number of methoxy groups -OCH3 is 1. The van der Waals surface area contributed by atoms with Crippen molar-refractivity contribution >= 4 is 28.3 Å². The summed E-state index contributed by atoms with van der Waals surface area (Å²) in [6.07, 6.45) is 0. The summed E-state index contributed by atoms with van der Waals surface area (Å²) in [7, 11) is 1.22. The van der Waals surface area contributed by atoms with Gasteiger partial charge in [-0.05, 0) is 22.9 Å². The molecule has 2 aromatic carbocycles. The van der Waals surface area contributed by atoms with Crippen molar-refractivity contribution in [2.75, 3.05) is 25.4 Å². The number of esters is 1. The standard InChI is InChI=1S/C15H15NO5/c1-20-15(18)10-21-9-14(17)16(19)13-7-6-11-4-2-3-5-12(11)8-13/h2-8,19H,9-10H2,1H3. The molecular formula is C15H15NO5. The quantitative estimate of drug-likeness (QED) is 0.515. The van der Waals surface area contributed by atoms with Gasteiger partial charge in [0.15, 0.2) is 0 Å². The summed E-state index contributed by atoms with van der Waals surface area (Å²) in [5.74, 6) is -1.26. The van der Waals surface area contributed by atoms with Crippen LogP contribution in [0.5, 0.6) is 0 Å². The molecule has 0 saturated heterocycles. The Kier molecular flexibility index (Phi) is 4.86. The number of rotatable bonds is 5. The van der Waals surface area contributed by atoms with Crippen molar-refractivity contribution in [3.63, 3.8) is 0 Å². The van der Waals surface area contributed by atoms with Gasteiger partial charge in [-0.1, -0.05) is 30.3 Å². The largest absolute Gasteiger partial charge is 0.467 e. The molecule has 21 heavy (non-hydrogen) atoms. The predicted octanol–water partition coefficient (Wildman–Crippen LogP) is 1.75. The number of anilines is 1. The van der Waals surface area contributed by atoms with Gasteiger partial charge >= 0.3 is 5.97 Å². The zero-order valence-electron chi connectivity index (χ0n) is 11.5. The van der Waals surface area contributed by atoms with E-state index >= 15 is 0 Å². The van der Waals surface area contributed by atoms with Gasteiger partial charge in [0, 0.05) is 0 Å². The van der Waals surface area contributed by atoms with Crippen LogP contribution in [0.3, 0.4) is 0 Å². The molecule has 0 bridgehead atoms. The van der Waals surface area contributed by atoms with Crippen LogP contribution >= 0.6 is 0 Å². The minimum absolute atomic E-state index is 0.334. The minimum Gasteiger partial charge on any atom is -0.467 e. The van der Waals surface area contributed by atoms with Crippen molar-refractivity contribution < 1.29 is 24.3 Å². The van der Waals surface area contributed by atoms with Crippen LogP contribution in [0.25, 0.3) is 10.8 Å². The van der Waals surface area contributed by atoms with Crippen molar-refractivity contribution in [3.05, 3.63) is 42.5 Å². The van der Waals surface area contributed by atoms with Crippen LogP contribution in [0.2, 0.25) is 0 Å². The lowest BCUT2D eigenvalue weighted by molar-refractivity contribution is -0.147. The Morgan fingerprint density at radius 1 is 1.10 bits per heavy atom. The number of carbonyl (C=O) groups excluding carboxylic acids is 2. The molecule has 110 valence electrons. The fourth-order valence-corrected chi connectivity index (χ4v) is 1.79. The first-order valence-electron chi connectivity index (χ1n) is 6.27. The second-order valence-electron chi connectivity index (χ2n) is 4.31. The minimum atomic E-state index is -0.672. The van der Waals surface area contributed by atoms with Crippen LogP contribution in [0.1, 0.15) is 0 Å². The molecule has 0 atom stereocenters. The van der Waals surface area contributed by atoms with E-state index in [2.05, 4.69) is 4.74 Å². The summed E-state index contributed by atoms with van der Waals surface area (Å²) in [6, 6.07) is 12.7. The molecule has 0 unspecified atom stereocenters. The van der Waals surface area contributed by atoms with Crippen molar-refractivity contribution in [1.82, 2.24) is 0 Å². The first kappa shape index (κ1) is 15.0. The Hall–Kier alpha value is -2.44. The van der Waals surface area contributed by atoms with Crippen LogP contribution in [0, 0.1) is 0 Å². The first-order chi connectivity index (χ1) is 10.1. The summed E-state index contributed by atoms with van der Waals surface area (Å²) in [5.41, 5.74) is 0.334. The Bertz CT molecular complexity index is 655. The van der Waals surface area contributed by atoms with Crippen molar-refractivity contribution in [1.29, 1.82) is 0 Å². The van der Waals surface area contributed by atoms with Crippen LogP contribution in [-0.2, 0) is 19.1 Å². The van der Waals surface area contributed by atoms with Crippen molar-refractivity contribution in [2.45, 2.75) is 0 Å². The van der Waals surface area contributed by atoms with Gasteiger partial charge in [-0.25, -0.2) is 4.79 Å². The number of hydroxylamine groups is 1. The number of nitrogens with zero attached hydrogens (tertiary/aromatic N) is 1. The smallest absolute Gasteiger partial charge is 0.331 e. The number of hydrogen-bond acceptors (Lipinski definition) is 5.